The molecule has 0 N–H and O–H groups in total. The topological polar surface area (TPSA) is 25.8 Å². The highest BCUT2D eigenvalue weighted by Gasteiger charge is 2.35. The van der Waals surface area contributed by atoms with Gasteiger partial charge in [0.1, 0.15) is 0 Å². The van der Waals surface area contributed by atoms with Crippen molar-refractivity contribution in [3.8, 4) is 67.3 Å². The van der Waals surface area contributed by atoms with Crippen LogP contribution in [0.3, 0.4) is 0 Å². The van der Waals surface area contributed by atoms with Crippen molar-refractivity contribution in [1.29, 1.82) is 0 Å². The standard InChI is InChI=1S/C55H38N2/c1-55(2)48-22-11-10-21-46(48)47-33-40(29-30-49(47)55)39-17-12-18-42(31-39)51-34-50(36-14-4-3-5-15-36)56-54(57-51)38-26-24-37(25-27-38)52-45-20-9-7-16-41(45)32-43-28-23-35-13-6-8-19-44(35)53(43)52/h3-34H,1-2H3. The zero-order chi connectivity index (χ0) is 38.1. The lowest BCUT2D eigenvalue weighted by Crippen LogP contribution is -2.14. The Labute approximate surface area is 332 Å². The Morgan fingerprint density at radius 2 is 0.947 bits per heavy atom. The average molecular weight is 727 g/mol. The van der Waals surface area contributed by atoms with E-state index in [0.717, 1.165) is 33.6 Å². The fourth-order valence-corrected chi connectivity index (χ4v) is 9.17. The minimum atomic E-state index is -0.0211. The van der Waals surface area contributed by atoms with Crippen LogP contribution in [-0.4, -0.2) is 9.97 Å². The van der Waals surface area contributed by atoms with Crippen molar-refractivity contribution < 1.29 is 0 Å². The minimum Gasteiger partial charge on any atom is -0.228 e. The molecule has 57 heavy (non-hydrogen) atoms. The Hall–Kier alpha value is -7.16. The van der Waals surface area contributed by atoms with Gasteiger partial charge < -0.3 is 0 Å². The highest BCUT2D eigenvalue weighted by atomic mass is 14.9. The molecule has 0 aliphatic heterocycles. The fraction of sp³-hybridized carbons (Fsp3) is 0.0545. The van der Waals surface area contributed by atoms with E-state index in [-0.39, 0.29) is 5.41 Å². The molecule has 0 radical (unpaired) electrons. The van der Waals surface area contributed by atoms with Crippen LogP contribution in [0.4, 0.5) is 0 Å². The van der Waals surface area contributed by atoms with Crippen LogP contribution in [0.15, 0.2) is 194 Å². The van der Waals surface area contributed by atoms with Crippen molar-refractivity contribution >= 4 is 32.3 Å². The van der Waals surface area contributed by atoms with E-state index in [1.807, 2.05) is 6.07 Å². The summed E-state index contributed by atoms with van der Waals surface area (Å²) >= 11 is 0. The SMILES string of the molecule is CC1(C)c2ccccc2-c2cc(-c3cccc(-c4cc(-c5ccccc5)nc(-c5ccc(-c6c7ccccc7cc7ccc8ccccc8c67)cc5)n4)c3)ccc21. The molecule has 0 unspecified atom stereocenters. The van der Waals surface area contributed by atoms with Gasteiger partial charge in [0.2, 0.25) is 0 Å². The van der Waals surface area contributed by atoms with Crippen molar-refractivity contribution in [2.75, 3.05) is 0 Å². The van der Waals surface area contributed by atoms with Crippen molar-refractivity contribution in [1.82, 2.24) is 9.97 Å². The number of nitrogens with zero attached hydrogens (tertiary/aromatic N) is 2. The molecule has 0 amide bonds. The van der Waals surface area contributed by atoms with Crippen LogP contribution in [-0.2, 0) is 5.41 Å². The zero-order valence-electron chi connectivity index (χ0n) is 31.9. The van der Waals surface area contributed by atoms with Gasteiger partial charge in [0, 0.05) is 22.1 Å². The van der Waals surface area contributed by atoms with Crippen LogP contribution in [0.25, 0.3) is 99.6 Å². The van der Waals surface area contributed by atoms with Gasteiger partial charge in [-0.1, -0.05) is 184 Å². The van der Waals surface area contributed by atoms with Crippen LogP contribution >= 0.6 is 0 Å². The fourth-order valence-electron chi connectivity index (χ4n) is 9.17. The van der Waals surface area contributed by atoms with Gasteiger partial charge in [-0.3, -0.25) is 0 Å². The van der Waals surface area contributed by atoms with Gasteiger partial charge in [0.15, 0.2) is 5.82 Å². The molecular formula is C55H38N2. The number of benzene rings is 9. The molecule has 10 aromatic rings. The van der Waals surface area contributed by atoms with Crippen LogP contribution in [0.2, 0.25) is 0 Å². The van der Waals surface area contributed by atoms with E-state index in [0.29, 0.717) is 5.82 Å². The smallest absolute Gasteiger partial charge is 0.160 e. The molecule has 11 rings (SSSR count). The zero-order valence-corrected chi connectivity index (χ0v) is 31.9. The normalized spacial score (nSPS) is 12.9. The summed E-state index contributed by atoms with van der Waals surface area (Å²) in [5.74, 6) is 0.702. The second-order valence-corrected chi connectivity index (χ2v) is 15.8. The lowest BCUT2D eigenvalue weighted by Gasteiger charge is -2.21. The molecule has 1 aromatic heterocycles. The van der Waals surface area contributed by atoms with Gasteiger partial charge in [-0.05, 0) is 101 Å². The molecule has 9 aromatic carbocycles. The van der Waals surface area contributed by atoms with E-state index < -0.39 is 0 Å². The quantitative estimate of drug-likeness (QED) is 0.130. The molecule has 0 atom stereocenters. The predicted molar refractivity (Wildman–Crippen MR) is 239 cm³/mol. The summed E-state index contributed by atoms with van der Waals surface area (Å²) in [6, 6.07) is 70.2. The lowest BCUT2D eigenvalue weighted by atomic mass is 9.82. The Balaban J connectivity index is 1.03. The molecule has 1 heterocycles. The molecule has 0 bridgehead atoms. The second-order valence-electron chi connectivity index (χ2n) is 15.8. The third-order valence-electron chi connectivity index (χ3n) is 12.1. The Kier molecular flexibility index (Phi) is 7.55. The number of hydrogen-bond acceptors (Lipinski definition) is 2. The third-order valence-corrected chi connectivity index (χ3v) is 12.1. The van der Waals surface area contributed by atoms with E-state index in [1.54, 1.807) is 0 Å². The summed E-state index contributed by atoms with van der Waals surface area (Å²) in [5.41, 5.74) is 15.1. The number of fused-ring (bicyclic) bond motifs is 7. The first-order valence-corrected chi connectivity index (χ1v) is 19.7. The van der Waals surface area contributed by atoms with E-state index in [4.69, 9.17) is 9.97 Å². The second kappa shape index (κ2) is 13.0. The Morgan fingerprint density at radius 1 is 0.351 bits per heavy atom. The van der Waals surface area contributed by atoms with E-state index in [1.165, 1.54) is 71.3 Å². The van der Waals surface area contributed by atoms with Crippen LogP contribution in [0, 0.1) is 0 Å². The van der Waals surface area contributed by atoms with Gasteiger partial charge in [-0.25, -0.2) is 9.97 Å². The van der Waals surface area contributed by atoms with Crippen molar-refractivity contribution in [2.24, 2.45) is 0 Å². The van der Waals surface area contributed by atoms with Crippen LogP contribution in [0.5, 0.6) is 0 Å². The first-order chi connectivity index (χ1) is 28.0. The first-order valence-electron chi connectivity index (χ1n) is 19.7. The molecule has 2 heteroatoms. The third kappa shape index (κ3) is 5.48. The maximum Gasteiger partial charge on any atom is 0.160 e. The number of rotatable bonds is 5. The minimum absolute atomic E-state index is 0.0211. The molecule has 1 aliphatic rings. The van der Waals surface area contributed by atoms with Gasteiger partial charge >= 0.3 is 0 Å². The summed E-state index contributed by atoms with van der Waals surface area (Å²) in [6.45, 7) is 4.66. The lowest BCUT2D eigenvalue weighted by molar-refractivity contribution is 0.660. The van der Waals surface area contributed by atoms with Crippen LogP contribution < -0.4 is 0 Å². The first kappa shape index (κ1) is 33.2. The summed E-state index contributed by atoms with van der Waals surface area (Å²) in [5, 5.41) is 7.50. The number of aromatic nitrogens is 2. The molecule has 0 fully saturated rings. The maximum atomic E-state index is 5.27. The van der Waals surface area contributed by atoms with E-state index in [9.17, 15) is 0 Å². The molecule has 0 spiro atoms. The Morgan fingerprint density at radius 3 is 1.79 bits per heavy atom. The van der Waals surface area contributed by atoms with Crippen molar-refractivity contribution in [3.05, 3.63) is 205 Å². The molecular weight excluding hydrogens is 689 g/mol. The molecule has 0 saturated heterocycles. The van der Waals surface area contributed by atoms with Crippen molar-refractivity contribution in [2.45, 2.75) is 19.3 Å². The summed E-state index contributed by atoms with van der Waals surface area (Å²) in [6.07, 6.45) is 0. The molecule has 268 valence electrons. The highest BCUT2D eigenvalue weighted by Crippen LogP contribution is 2.49. The maximum absolute atomic E-state index is 5.27. The molecule has 0 saturated carbocycles. The Bertz CT molecular complexity index is 3190. The highest BCUT2D eigenvalue weighted by molar-refractivity contribution is 6.22. The van der Waals surface area contributed by atoms with Crippen molar-refractivity contribution in [3.63, 3.8) is 0 Å². The predicted octanol–water partition coefficient (Wildman–Crippen LogP) is 14.6. The van der Waals surface area contributed by atoms with Gasteiger partial charge in [-0.15, -0.1) is 0 Å². The van der Waals surface area contributed by atoms with Gasteiger partial charge in [-0.2, -0.15) is 0 Å². The summed E-state index contributed by atoms with van der Waals surface area (Å²) in [4.78, 5) is 10.5. The van der Waals surface area contributed by atoms with E-state index >= 15 is 0 Å². The van der Waals surface area contributed by atoms with E-state index in [2.05, 4.69) is 202 Å². The summed E-state index contributed by atoms with van der Waals surface area (Å²) < 4.78 is 0. The average Bonchev–Trinajstić information content (AvgIpc) is 3.51. The van der Waals surface area contributed by atoms with Crippen LogP contribution in [0.1, 0.15) is 25.0 Å². The van der Waals surface area contributed by atoms with Gasteiger partial charge in [0.25, 0.3) is 0 Å². The van der Waals surface area contributed by atoms with Gasteiger partial charge in [0.05, 0.1) is 11.4 Å². The monoisotopic (exact) mass is 726 g/mol. The number of hydrogen-bond donors (Lipinski definition) is 0. The largest absolute Gasteiger partial charge is 0.228 e. The molecule has 2 nitrogen and oxygen atoms in total. The molecule has 1 aliphatic carbocycles. The summed E-state index contributed by atoms with van der Waals surface area (Å²) in [7, 11) is 0.